The fraction of sp³-hybridized carbons (Fsp3) is 0.333. The van der Waals surface area contributed by atoms with Crippen molar-refractivity contribution < 1.29 is 0 Å². The fourth-order valence-electron chi connectivity index (χ4n) is 1.01. The second kappa shape index (κ2) is 5.62. The molecule has 0 saturated carbocycles. The van der Waals surface area contributed by atoms with Gasteiger partial charge in [-0.15, -0.1) is 0 Å². The molecule has 14 heavy (non-hydrogen) atoms. The second-order valence-corrected chi connectivity index (χ2v) is 4.11. The lowest BCUT2D eigenvalue weighted by molar-refractivity contribution is 1.25. The number of nitrogens with zero attached hydrogens (tertiary/aromatic N) is 1. The quantitative estimate of drug-likeness (QED) is 0.539. The average molecular weight is 205 g/mol. The Morgan fingerprint density at radius 3 is 2.50 bits per heavy atom. The number of anilines is 1. The van der Waals surface area contributed by atoms with Crippen LogP contribution in [0.5, 0.6) is 0 Å². The summed E-state index contributed by atoms with van der Waals surface area (Å²) < 4.78 is 0. The van der Waals surface area contributed by atoms with E-state index in [4.69, 9.17) is 0 Å². The van der Waals surface area contributed by atoms with Gasteiger partial charge in [-0.05, 0) is 24.3 Å². The molecule has 0 aromatic heterocycles. The minimum atomic E-state index is 1.04. The zero-order valence-electron chi connectivity index (χ0n) is 8.87. The predicted octanol–water partition coefficient (Wildman–Crippen LogP) is 3.10. The molecule has 0 atom stereocenters. The summed E-state index contributed by atoms with van der Waals surface area (Å²) in [6.45, 7) is 4.19. The monoisotopic (exact) mass is 205 g/mol. The first-order valence-electron chi connectivity index (χ1n) is 4.67. The Bertz CT molecular complexity index is 332. The summed E-state index contributed by atoms with van der Waals surface area (Å²) in [5, 5.41) is 3.04. The summed E-state index contributed by atoms with van der Waals surface area (Å²) in [4.78, 5) is 1.95. The highest BCUT2D eigenvalue weighted by molar-refractivity contribution is 8.03. The Kier molecular flexibility index (Phi) is 4.42. The average Bonchev–Trinajstić information content (AvgIpc) is 2.19. The number of aryl methyl sites for hydroxylation is 1. The van der Waals surface area contributed by atoms with Crippen molar-refractivity contribution in [3.63, 3.8) is 0 Å². The largest absolute Gasteiger partial charge is 0.304 e. The van der Waals surface area contributed by atoms with Crippen molar-refractivity contribution in [2.45, 2.75) is 13.8 Å². The van der Waals surface area contributed by atoms with Crippen LogP contribution in [0, 0.1) is 18.2 Å². The molecule has 1 nitrogen and oxygen atoms in total. The molecule has 0 amide bonds. The fourth-order valence-corrected chi connectivity index (χ4v) is 1.35. The first-order chi connectivity index (χ1) is 6.74. The van der Waals surface area contributed by atoms with Crippen LogP contribution < -0.4 is 4.90 Å². The van der Waals surface area contributed by atoms with Crippen molar-refractivity contribution in [1.29, 1.82) is 0 Å². The maximum absolute atomic E-state index is 3.07. The molecule has 0 N–H and O–H groups in total. The summed E-state index contributed by atoms with van der Waals surface area (Å²) >= 11 is 1.63. The van der Waals surface area contributed by atoms with E-state index >= 15 is 0 Å². The van der Waals surface area contributed by atoms with E-state index in [1.54, 1.807) is 11.8 Å². The van der Waals surface area contributed by atoms with Crippen LogP contribution in [0.1, 0.15) is 12.5 Å². The molecule has 74 valence electrons. The van der Waals surface area contributed by atoms with Crippen LogP contribution in [0.2, 0.25) is 0 Å². The van der Waals surface area contributed by atoms with Crippen molar-refractivity contribution in [2.24, 2.45) is 0 Å². The molecule has 0 radical (unpaired) electrons. The van der Waals surface area contributed by atoms with Crippen LogP contribution in [0.15, 0.2) is 24.3 Å². The van der Waals surface area contributed by atoms with Crippen LogP contribution in [-0.2, 0) is 0 Å². The SMILES string of the molecule is CCSC#CN(C)c1ccc(C)cc1. The van der Waals surface area contributed by atoms with E-state index in [0.717, 1.165) is 11.4 Å². The molecule has 2 heteroatoms. The van der Waals surface area contributed by atoms with Gasteiger partial charge in [0.1, 0.15) is 0 Å². The van der Waals surface area contributed by atoms with Crippen LogP contribution in [0.3, 0.4) is 0 Å². The van der Waals surface area contributed by atoms with Gasteiger partial charge in [-0.25, -0.2) is 0 Å². The third-order valence-electron chi connectivity index (χ3n) is 1.85. The Hall–Kier alpha value is -1.07. The van der Waals surface area contributed by atoms with Crippen molar-refractivity contribution in [2.75, 3.05) is 17.7 Å². The zero-order valence-corrected chi connectivity index (χ0v) is 9.69. The van der Waals surface area contributed by atoms with Gasteiger partial charge in [0, 0.05) is 24.5 Å². The Labute approximate surface area is 90.5 Å². The third kappa shape index (κ3) is 3.35. The Morgan fingerprint density at radius 1 is 1.29 bits per heavy atom. The van der Waals surface area contributed by atoms with Crippen LogP contribution in [0.4, 0.5) is 5.69 Å². The van der Waals surface area contributed by atoms with Gasteiger partial charge in [-0.2, -0.15) is 0 Å². The van der Waals surface area contributed by atoms with Gasteiger partial charge in [0.05, 0.1) is 0 Å². The van der Waals surface area contributed by atoms with Crippen molar-refractivity contribution >= 4 is 17.4 Å². The van der Waals surface area contributed by atoms with Gasteiger partial charge in [-0.3, -0.25) is 0 Å². The van der Waals surface area contributed by atoms with Gasteiger partial charge < -0.3 is 4.90 Å². The molecule has 0 aliphatic heterocycles. The molecule has 0 aliphatic carbocycles. The highest BCUT2D eigenvalue weighted by atomic mass is 32.2. The van der Waals surface area contributed by atoms with Crippen molar-refractivity contribution in [3.05, 3.63) is 29.8 Å². The lowest BCUT2D eigenvalue weighted by Gasteiger charge is -2.10. The molecule has 0 aliphatic rings. The van der Waals surface area contributed by atoms with Crippen LogP contribution in [-0.4, -0.2) is 12.8 Å². The van der Waals surface area contributed by atoms with E-state index in [9.17, 15) is 0 Å². The molecule has 1 aromatic rings. The number of hydrogen-bond acceptors (Lipinski definition) is 2. The lowest BCUT2D eigenvalue weighted by Crippen LogP contribution is -2.07. The lowest BCUT2D eigenvalue weighted by atomic mass is 10.2. The van der Waals surface area contributed by atoms with Gasteiger partial charge in [0.25, 0.3) is 0 Å². The topological polar surface area (TPSA) is 3.24 Å². The molecular formula is C12H15NS. The highest BCUT2D eigenvalue weighted by Crippen LogP contribution is 2.12. The molecule has 0 heterocycles. The number of benzene rings is 1. The standard InChI is InChI=1S/C12H15NS/c1-4-14-10-9-13(3)12-7-5-11(2)6-8-12/h5-8H,4H2,1-3H3. The van der Waals surface area contributed by atoms with Crippen LogP contribution >= 0.6 is 11.8 Å². The van der Waals surface area contributed by atoms with Crippen molar-refractivity contribution in [3.8, 4) is 11.3 Å². The second-order valence-electron chi connectivity index (χ2n) is 3.04. The van der Waals surface area contributed by atoms with E-state index in [-0.39, 0.29) is 0 Å². The Balaban J connectivity index is 2.66. The summed E-state index contributed by atoms with van der Waals surface area (Å²) in [7, 11) is 1.98. The smallest absolute Gasteiger partial charge is 0.0486 e. The molecular weight excluding hydrogens is 190 g/mol. The van der Waals surface area contributed by atoms with Gasteiger partial charge >= 0.3 is 0 Å². The van der Waals surface area contributed by atoms with E-state index in [0.29, 0.717) is 0 Å². The first-order valence-corrected chi connectivity index (χ1v) is 5.65. The molecule has 0 saturated heterocycles. The summed E-state index contributed by atoms with van der Waals surface area (Å²) in [5.41, 5.74) is 2.41. The normalized spacial score (nSPS) is 9.07. The maximum atomic E-state index is 3.07. The van der Waals surface area contributed by atoms with Gasteiger partial charge in [0.15, 0.2) is 0 Å². The molecule has 0 bridgehead atoms. The summed E-state index contributed by atoms with van der Waals surface area (Å²) in [6, 6.07) is 11.4. The summed E-state index contributed by atoms with van der Waals surface area (Å²) in [5.74, 6) is 1.04. The third-order valence-corrected chi connectivity index (χ3v) is 2.38. The molecule has 0 fully saturated rings. The van der Waals surface area contributed by atoms with E-state index in [2.05, 4.69) is 49.4 Å². The predicted molar refractivity (Wildman–Crippen MR) is 65.5 cm³/mol. The zero-order chi connectivity index (χ0) is 10.4. The van der Waals surface area contributed by atoms with E-state index in [1.807, 2.05) is 11.9 Å². The minimum absolute atomic E-state index is 1.04. The van der Waals surface area contributed by atoms with E-state index in [1.165, 1.54) is 5.56 Å². The number of thioether (sulfide) groups is 1. The summed E-state index contributed by atoms with van der Waals surface area (Å²) in [6.07, 6.45) is 0. The highest BCUT2D eigenvalue weighted by Gasteiger charge is 1.94. The van der Waals surface area contributed by atoms with Gasteiger partial charge in [-0.1, -0.05) is 36.4 Å². The number of rotatable bonds is 2. The van der Waals surface area contributed by atoms with Crippen LogP contribution in [0.25, 0.3) is 0 Å². The maximum Gasteiger partial charge on any atom is 0.0486 e. The minimum Gasteiger partial charge on any atom is -0.304 e. The van der Waals surface area contributed by atoms with Gasteiger partial charge in [0.2, 0.25) is 0 Å². The number of hydrogen-bond donors (Lipinski definition) is 0. The Morgan fingerprint density at radius 2 is 1.93 bits per heavy atom. The molecule has 0 spiro atoms. The first kappa shape index (κ1) is 11.0. The molecule has 0 unspecified atom stereocenters. The van der Waals surface area contributed by atoms with Crippen molar-refractivity contribution in [1.82, 2.24) is 0 Å². The van der Waals surface area contributed by atoms with E-state index < -0.39 is 0 Å². The molecule has 1 rings (SSSR count). The molecule has 1 aromatic carbocycles.